The van der Waals surface area contributed by atoms with Gasteiger partial charge >= 0.3 is 0 Å². The molecule has 1 spiro atoms. The second-order valence-corrected chi connectivity index (χ2v) is 7.80. The molecule has 2 aliphatic heterocycles. The molecular formula is C20H29N3O3. The highest BCUT2D eigenvalue weighted by atomic mass is 16.5. The standard InChI is InChI=1S/C20H29N3O3/c24-19(13-25-17-5-1-2-6-17)23-14-20(15-23)16(9-12-26-20)8-11-22-18-7-3-4-10-21-18/h3-4,7,10,16-17H,1-2,5-6,8-9,11-15H2,(H,21,22). The van der Waals surface area contributed by atoms with Crippen molar-refractivity contribution in [3.63, 3.8) is 0 Å². The molecule has 142 valence electrons. The Morgan fingerprint density at radius 2 is 2.15 bits per heavy atom. The highest BCUT2D eigenvalue weighted by molar-refractivity contribution is 5.78. The number of nitrogens with zero attached hydrogens (tertiary/aromatic N) is 2. The maximum Gasteiger partial charge on any atom is 0.248 e. The molecule has 1 unspecified atom stereocenters. The van der Waals surface area contributed by atoms with Gasteiger partial charge in [0.1, 0.15) is 18.0 Å². The first-order valence-corrected chi connectivity index (χ1v) is 9.93. The van der Waals surface area contributed by atoms with E-state index >= 15 is 0 Å². The summed E-state index contributed by atoms with van der Waals surface area (Å²) in [5, 5.41) is 3.38. The van der Waals surface area contributed by atoms with Crippen molar-refractivity contribution in [2.24, 2.45) is 5.92 Å². The quantitative estimate of drug-likeness (QED) is 0.810. The van der Waals surface area contributed by atoms with Gasteiger partial charge in [-0.05, 0) is 43.7 Å². The van der Waals surface area contributed by atoms with Crippen LogP contribution in [0, 0.1) is 5.92 Å². The third-order valence-corrected chi connectivity index (χ3v) is 6.08. The molecule has 0 radical (unpaired) electrons. The van der Waals surface area contributed by atoms with E-state index in [4.69, 9.17) is 9.47 Å². The number of aromatic nitrogens is 1. The van der Waals surface area contributed by atoms with E-state index in [0.29, 0.717) is 25.1 Å². The van der Waals surface area contributed by atoms with E-state index in [9.17, 15) is 4.79 Å². The molecule has 1 aromatic heterocycles. The summed E-state index contributed by atoms with van der Waals surface area (Å²) in [6.07, 6.45) is 8.87. The minimum Gasteiger partial charge on any atom is -0.371 e. The number of hydrogen-bond acceptors (Lipinski definition) is 5. The van der Waals surface area contributed by atoms with Crippen LogP contribution < -0.4 is 5.32 Å². The number of nitrogens with one attached hydrogen (secondary N) is 1. The fourth-order valence-corrected chi connectivity index (χ4v) is 4.50. The Balaban J connectivity index is 1.20. The minimum absolute atomic E-state index is 0.114. The molecule has 0 bridgehead atoms. The Hall–Kier alpha value is -1.66. The number of carbonyl (C=O) groups excluding carboxylic acids is 1. The fourth-order valence-electron chi connectivity index (χ4n) is 4.50. The average molecular weight is 359 g/mol. The van der Waals surface area contributed by atoms with E-state index in [-0.39, 0.29) is 18.1 Å². The second kappa shape index (κ2) is 7.92. The molecule has 6 nitrogen and oxygen atoms in total. The highest BCUT2D eigenvalue weighted by Gasteiger charge is 2.53. The molecule has 1 saturated carbocycles. The number of hydrogen-bond donors (Lipinski definition) is 1. The molecule has 4 rings (SSSR count). The molecule has 1 N–H and O–H groups in total. The molecule has 26 heavy (non-hydrogen) atoms. The summed E-state index contributed by atoms with van der Waals surface area (Å²) in [6.45, 7) is 3.34. The van der Waals surface area contributed by atoms with Gasteiger partial charge < -0.3 is 19.7 Å². The average Bonchev–Trinajstić information content (AvgIpc) is 3.29. The van der Waals surface area contributed by atoms with Gasteiger partial charge in [-0.2, -0.15) is 0 Å². The maximum absolute atomic E-state index is 12.4. The molecule has 0 aromatic carbocycles. The van der Waals surface area contributed by atoms with Gasteiger partial charge in [0.2, 0.25) is 5.91 Å². The van der Waals surface area contributed by atoms with Gasteiger partial charge in [0.25, 0.3) is 0 Å². The van der Waals surface area contributed by atoms with Gasteiger partial charge in [0.15, 0.2) is 0 Å². The van der Waals surface area contributed by atoms with Gasteiger partial charge in [-0.15, -0.1) is 0 Å². The molecule has 1 aliphatic carbocycles. The van der Waals surface area contributed by atoms with Gasteiger partial charge in [-0.1, -0.05) is 18.9 Å². The van der Waals surface area contributed by atoms with Crippen molar-refractivity contribution in [2.75, 3.05) is 38.2 Å². The highest BCUT2D eigenvalue weighted by Crippen LogP contribution is 2.41. The Morgan fingerprint density at radius 1 is 1.31 bits per heavy atom. The molecule has 1 amide bonds. The van der Waals surface area contributed by atoms with Gasteiger partial charge in [-0.3, -0.25) is 4.79 Å². The van der Waals surface area contributed by atoms with Crippen molar-refractivity contribution >= 4 is 11.7 Å². The predicted molar refractivity (Wildman–Crippen MR) is 98.9 cm³/mol. The van der Waals surface area contributed by atoms with E-state index in [2.05, 4.69) is 10.3 Å². The van der Waals surface area contributed by atoms with Crippen LogP contribution in [0.4, 0.5) is 5.82 Å². The Labute approximate surface area is 155 Å². The third kappa shape index (κ3) is 3.86. The second-order valence-electron chi connectivity index (χ2n) is 7.80. The van der Waals surface area contributed by atoms with E-state index in [1.165, 1.54) is 12.8 Å². The molecule has 1 atom stereocenters. The Bertz CT molecular complexity index is 598. The molecule has 2 saturated heterocycles. The van der Waals surface area contributed by atoms with Crippen molar-refractivity contribution in [1.29, 1.82) is 0 Å². The normalized spacial score (nSPS) is 24.8. The van der Waals surface area contributed by atoms with Crippen molar-refractivity contribution in [3.05, 3.63) is 24.4 Å². The summed E-state index contributed by atoms with van der Waals surface area (Å²) < 4.78 is 11.8. The zero-order chi connectivity index (χ0) is 17.8. The Kier molecular flexibility index (Phi) is 5.41. The van der Waals surface area contributed by atoms with E-state index in [1.54, 1.807) is 6.20 Å². The van der Waals surface area contributed by atoms with Gasteiger partial charge in [0.05, 0.1) is 19.2 Å². The summed E-state index contributed by atoms with van der Waals surface area (Å²) in [4.78, 5) is 18.5. The lowest BCUT2D eigenvalue weighted by Crippen LogP contribution is -2.66. The topological polar surface area (TPSA) is 63.7 Å². The number of amides is 1. The SMILES string of the molecule is O=C(COC1CCCC1)N1CC2(C1)OCCC2CCNc1ccccn1. The van der Waals surface area contributed by atoms with Crippen molar-refractivity contribution in [3.8, 4) is 0 Å². The van der Waals surface area contributed by atoms with Crippen LogP contribution in [0.3, 0.4) is 0 Å². The minimum atomic E-state index is -0.130. The number of rotatable bonds is 7. The summed E-state index contributed by atoms with van der Waals surface area (Å²) in [6, 6.07) is 5.88. The molecule has 1 aromatic rings. The van der Waals surface area contributed by atoms with E-state index < -0.39 is 0 Å². The first-order chi connectivity index (χ1) is 12.8. The van der Waals surface area contributed by atoms with Crippen LogP contribution in [0.25, 0.3) is 0 Å². The van der Waals surface area contributed by atoms with Crippen LogP contribution in [0.5, 0.6) is 0 Å². The number of ether oxygens (including phenoxy) is 2. The molecular weight excluding hydrogens is 330 g/mol. The molecule has 6 heteroatoms. The lowest BCUT2D eigenvalue weighted by Gasteiger charge is -2.50. The fraction of sp³-hybridized carbons (Fsp3) is 0.700. The van der Waals surface area contributed by atoms with Crippen LogP contribution >= 0.6 is 0 Å². The molecule has 3 aliphatic rings. The summed E-state index contributed by atoms with van der Waals surface area (Å²) in [7, 11) is 0. The summed E-state index contributed by atoms with van der Waals surface area (Å²) in [5.74, 6) is 1.52. The van der Waals surface area contributed by atoms with Crippen molar-refractivity contribution in [1.82, 2.24) is 9.88 Å². The third-order valence-electron chi connectivity index (χ3n) is 6.08. The number of anilines is 1. The lowest BCUT2D eigenvalue weighted by molar-refractivity contribution is -0.170. The van der Waals surface area contributed by atoms with Crippen LogP contribution in [0.2, 0.25) is 0 Å². The predicted octanol–water partition coefficient (Wildman–Crippen LogP) is 2.46. The van der Waals surface area contributed by atoms with Gasteiger partial charge in [-0.25, -0.2) is 4.98 Å². The smallest absolute Gasteiger partial charge is 0.248 e. The zero-order valence-corrected chi connectivity index (χ0v) is 15.4. The number of likely N-dealkylation sites (tertiary alicyclic amines) is 1. The molecule has 3 fully saturated rings. The van der Waals surface area contributed by atoms with E-state index in [0.717, 1.165) is 44.7 Å². The van der Waals surface area contributed by atoms with Crippen LogP contribution in [0.15, 0.2) is 24.4 Å². The first kappa shape index (κ1) is 17.7. The van der Waals surface area contributed by atoms with Crippen LogP contribution in [-0.2, 0) is 14.3 Å². The largest absolute Gasteiger partial charge is 0.371 e. The summed E-state index contributed by atoms with van der Waals surface area (Å²) >= 11 is 0. The monoisotopic (exact) mass is 359 g/mol. The number of pyridine rings is 1. The molecule has 3 heterocycles. The van der Waals surface area contributed by atoms with Crippen molar-refractivity contribution in [2.45, 2.75) is 50.2 Å². The first-order valence-electron chi connectivity index (χ1n) is 9.93. The zero-order valence-electron chi connectivity index (χ0n) is 15.4. The van der Waals surface area contributed by atoms with E-state index in [1.807, 2.05) is 23.1 Å². The Morgan fingerprint density at radius 3 is 2.92 bits per heavy atom. The number of carbonyl (C=O) groups is 1. The lowest BCUT2D eigenvalue weighted by atomic mass is 9.79. The summed E-state index contributed by atoms with van der Waals surface area (Å²) in [5.41, 5.74) is -0.130. The van der Waals surface area contributed by atoms with Crippen molar-refractivity contribution < 1.29 is 14.3 Å². The maximum atomic E-state index is 12.4. The van der Waals surface area contributed by atoms with Crippen LogP contribution in [0.1, 0.15) is 38.5 Å². The van der Waals surface area contributed by atoms with Gasteiger partial charge in [0, 0.05) is 19.3 Å². The van der Waals surface area contributed by atoms with Crippen LogP contribution in [-0.4, -0.2) is 60.3 Å².